The molecule has 0 bridgehead atoms. The molecule has 0 aromatic heterocycles. The molecule has 10 nitrogen and oxygen atoms in total. The number of rotatable bonds is 9. The van der Waals surface area contributed by atoms with Gasteiger partial charge in [0.1, 0.15) is 60.9 Å². The lowest BCUT2D eigenvalue weighted by Gasteiger charge is -2.26. The Morgan fingerprint density at radius 1 is 0.750 bits per heavy atom. The minimum Gasteiger partial charge on any atom is -0.459 e. The van der Waals surface area contributed by atoms with Gasteiger partial charge in [0.15, 0.2) is 0 Å². The molecular weight excluding hydrogens is 372 g/mol. The van der Waals surface area contributed by atoms with E-state index in [0.717, 1.165) is 0 Å². The standard InChI is InChI=1S/C18H24N2O8/c1-9(2)11(5-19)17(25)27-7-13(21)15(23)16(24)14(22)8-28-18(26)12(6-20)10(3)4/h13-16,21-24H,7-8H2,1-4H3/t13-,14-,15-,16-/m1/s1. The average molecular weight is 396 g/mol. The molecule has 0 unspecified atom stereocenters. The number of hydrogen-bond acceptors (Lipinski definition) is 10. The smallest absolute Gasteiger partial charge is 0.348 e. The number of ether oxygens (including phenoxy) is 2. The third-order valence-electron chi connectivity index (χ3n) is 3.54. The van der Waals surface area contributed by atoms with Crippen LogP contribution in [0.2, 0.25) is 0 Å². The van der Waals surface area contributed by atoms with E-state index in [4.69, 9.17) is 20.0 Å². The Labute approximate surface area is 162 Å². The third-order valence-corrected chi connectivity index (χ3v) is 3.54. The Balaban J connectivity index is 4.74. The number of aliphatic hydroxyl groups is 4. The van der Waals surface area contributed by atoms with E-state index in [0.29, 0.717) is 11.1 Å². The molecule has 0 rings (SSSR count). The molecule has 0 aliphatic rings. The van der Waals surface area contributed by atoms with Crippen molar-refractivity contribution >= 4 is 11.9 Å². The predicted octanol–water partition coefficient (Wildman–Crippen LogP) is -0.764. The summed E-state index contributed by atoms with van der Waals surface area (Å²) in [6.07, 6.45) is -7.46. The molecule has 0 spiro atoms. The second kappa shape index (κ2) is 11.8. The van der Waals surface area contributed by atoms with Crippen LogP contribution in [0.25, 0.3) is 0 Å². The summed E-state index contributed by atoms with van der Waals surface area (Å²) in [5, 5.41) is 57.0. The molecule has 28 heavy (non-hydrogen) atoms. The topological polar surface area (TPSA) is 181 Å². The highest BCUT2D eigenvalue weighted by atomic mass is 16.5. The highest BCUT2D eigenvalue weighted by Crippen LogP contribution is 2.10. The molecule has 0 aromatic carbocycles. The fourth-order valence-corrected chi connectivity index (χ4v) is 1.84. The molecule has 4 N–H and O–H groups in total. The number of esters is 2. The lowest BCUT2D eigenvalue weighted by atomic mass is 10.0. The maximum atomic E-state index is 11.7. The molecule has 10 heteroatoms. The zero-order valence-corrected chi connectivity index (χ0v) is 16.0. The first kappa shape index (κ1) is 25.2. The summed E-state index contributed by atoms with van der Waals surface area (Å²) >= 11 is 0. The number of nitriles is 2. The Hall–Kier alpha value is -2.76. The van der Waals surface area contributed by atoms with Gasteiger partial charge in [-0.2, -0.15) is 10.5 Å². The monoisotopic (exact) mass is 396 g/mol. The molecule has 0 fully saturated rings. The molecule has 0 saturated heterocycles. The number of hydrogen-bond donors (Lipinski definition) is 4. The van der Waals surface area contributed by atoms with E-state index in [9.17, 15) is 30.0 Å². The molecule has 0 radical (unpaired) electrons. The van der Waals surface area contributed by atoms with E-state index in [-0.39, 0.29) is 11.1 Å². The first-order valence-electron chi connectivity index (χ1n) is 8.19. The highest BCUT2D eigenvalue weighted by Gasteiger charge is 2.32. The van der Waals surface area contributed by atoms with Crippen molar-refractivity contribution in [2.45, 2.75) is 52.1 Å². The SMILES string of the molecule is CC(C)=C(C#N)C(=O)OC[C@@H](O)[C@@H](O)[C@H](O)[C@H](O)COC(=O)C(C#N)=C(C)C. The molecule has 0 heterocycles. The van der Waals surface area contributed by atoms with E-state index in [1.165, 1.54) is 27.7 Å². The van der Waals surface area contributed by atoms with Gasteiger partial charge < -0.3 is 29.9 Å². The van der Waals surface area contributed by atoms with Crippen LogP contribution in [-0.4, -0.2) is 70.0 Å². The Morgan fingerprint density at radius 3 is 1.25 bits per heavy atom. The van der Waals surface area contributed by atoms with Crippen LogP contribution >= 0.6 is 0 Å². The molecule has 0 saturated carbocycles. The van der Waals surface area contributed by atoms with Crippen LogP contribution < -0.4 is 0 Å². The maximum absolute atomic E-state index is 11.7. The van der Waals surface area contributed by atoms with Gasteiger partial charge in [-0.05, 0) is 27.7 Å². The van der Waals surface area contributed by atoms with Crippen LogP contribution in [0.15, 0.2) is 22.3 Å². The summed E-state index contributed by atoms with van der Waals surface area (Å²) in [5.74, 6) is -2.02. The largest absolute Gasteiger partial charge is 0.459 e. The van der Waals surface area contributed by atoms with Crippen LogP contribution in [0.3, 0.4) is 0 Å². The van der Waals surface area contributed by atoms with Crippen LogP contribution in [0.1, 0.15) is 27.7 Å². The summed E-state index contributed by atoms with van der Waals surface area (Å²) in [7, 11) is 0. The van der Waals surface area contributed by atoms with Crippen molar-refractivity contribution in [3.8, 4) is 12.1 Å². The van der Waals surface area contributed by atoms with Crippen molar-refractivity contribution in [3.63, 3.8) is 0 Å². The number of nitrogens with zero attached hydrogens (tertiary/aromatic N) is 2. The molecular formula is C18H24N2O8. The highest BCUT2D eigenvalue weighted by molar-refractivity contribution is 5.93. The van der Waals surface area contributed by atoms with Gasteiger partial charge in [0.05, 0.1) is 0 Å². The summed E-state index contributed by atoms with van der Waals surface area (Å²) in [4.78, 5) is 23.4. The Morgan fingerprint density at radius 2 is 1.04 bits per heavy atom. The minimum atomic E-state index is -1.95. The van der Waals surface area contributed by atoms with Crippen molar-refractivity contribution in [3.05, 3.63) is 22.3 Å². The van der Waals surface area contributed by atoms with Gasteiger partial charge >= 0.3 is 11.9 Å². The van der Waals surface area contributed by atoms with Gasteiger partial charge in [0.2, 0.25) is 0 Å². The lowest BCUT2D eigenvalue weighted by Crippen LogP contribution is -2.48. The lowest BCUT2D eigenvalue weighted by molar-refractivity contribution is -0.158. The molecule has 4 atom stereocenters. The van der Waals surface area contributed by atoms with Gasteiger partial charge in [-0.3, -0.25) is 0 Å². The first-order valence-corrected chi connectivity index (χ1v) is 8.19. The van der Waals surface area contributed by atoms with E-state index in [1.54, 1.807) is 12.1 Å². The van der Waals surface area contributed by atoms with Crippen LogP contribution in [0, 0.1) is 22.7 Å². The maximum Gasteiger partial charge on any atom is 0.348 e. The number of allylic oxidation sites excluding steroid dienone is 2. The van der Waals surface area contributed by atoms with Gasteiger partial charge in [0.25, 0.3) is 0 Å². The van der Waals surface area contributed by atoms with Gasteiger partial charge in [-0.25, -0.2) is 9.59 Å². The van der Waals surface area contributed by atoms with Crippen LogP contribution in [-0.2, 0) is 19.1 Å². The predicted molar refractivity (Wildman–Crippen MR) is 93.9 cm³/mol. The second-order valence-electron chi connectivity index (χ2n) is 6.29. The first-order chi connectivity index (χ1) is 13.0. The van der Waals surface area contributed by atoms with Crippen molar-refractivity contribution in [1.29, 1.82) is 10.5 Å². The van der Waals surface area contributed by atoms with Crippen LogP contribution in [0.5, 0.6) is 0 Å². The third kappa shape index (κ3) is 7.47. The van der Waals surface area contributed by atoms with Crippen molar-refractivity contribution < 1.29 is 39.5 Å². The summed E-state index contributed by atoms with van der Waals surface area (Å²) in [6.45, 7) is 4.55. The van der Waals surface area contributed by atoms with Gasteiger partial charge in [0, 0.05) is 0 Å². The fourth-order valence-electron chi connectivity index (χ4n) is 1.84. The number of carbonyl (C=O) groups excluding carboxylic acids is 2. The Bertz CT molecular complexity index is 659. The van der Waals surface area contributed by atoms with Crippen molar-refractivity contribution in [2.75, 3.05) is 13.2 Å². The van der Waals surface area contributed by atoms with Crippen molar-refractivity contribution in [1.82, 2.24) is 0 Å². The van der Waals surface area contributed by atoms with Gasteiger partial charge in [-0.15, -0.1) is 0 Å². The zero-order valence-electron chi connectivity index (χ0n) is 16.0. The van der Waals surface area contributed by atoms with E-state index in [2.05, 4.69) is 0 Å². The molecule has 0 aromatic rings. The minimum absolute atomic E-state index is 0.262. The molecule has 0 amide bonds. The molecule has 0 aliphatic carbocycles. The fraction of sp³-hybridized carbons (Fsp3) is 0.556. The second-order valence-corrected chi connectivity index (χ2v) is 6.29. The molecule has 154 valence electrons. The zero-order chi connectivity index (χ0) is 22.0. The van der Waals surface area contributed by atoms with Crippen molar-refractivity contribution in [2.24, 2.45) is 0 Å². The normalized spacial score (nSPS) is 14.4. The average Bonchev–Trinajstić information content (AvgIpc) is 2.63. The van der Waals surface area contributed by atoms with Gasteiger partial charge in [-0.1, -0.05) is 11.1 Å². The number of carbonyl (C=O) groups is 2. The van der Waals surface area contributed by atoms with E-state index in [1.807, 2.05) is 0 Å². The summed E-state index contributed by atoms with van der Waals surface area (Å²) in [5.41, 5.74) is 0.268. The quantitative estimate of drug-likeness (QED) is 0.219. The summed E-state index contributed by atoms with van der Waals surface area (Å²) in [6, 6.07) is 3.28. The van der Waals surface area contributed by atoms with Crippen LogP contribution in [0.4, 0.5) is 0 Å². The van der Waals surface area contributed by atoms with E-state index >= 15 is 0 Å². The van der Waals surface area contributed by atoms with E-state index < -0.39 is 49.6 Å². The summed E-state index contributed by atoms with van der Waals surface area (Å²) < 4.78 is 9.38. The number of aliphatic hydroxyl groups excluding tert-OH is 4. The molecule has 0 aliphatic heterocycles. The Kier molecular flexibility index (Phi) is 10.7.